The number of aryl methyl sites for hydroxylation is 1. The van der Waals surface area contributed by atoms with Crippen LogP contribution in [0, 0.1) is 17.0 Å². The second kappa shape index (κ2) is 10.3. The van der Waals surface area contributed by atoms with Crippen molar-refractivity contribution in [3.63, 3.8) is 0 Å². The Hall–Kier alpha value is -3.02. The van der Waals surface area contributed by atoms with Crippen LogP contribution in [0.4, 0.5) is 11.5 Å². The van der Waals surface area contributed by atoms with Crippen LogP contribution in [0.25, 0.3) is 0 Å². The van der Waals surface area contributed by atoms with Gasteiger partial charge in [0.05, 0.1) is 22.5 Å². The zero-order valence-corrected chi connectivity index (χ0v) is 19.8. The van der Waals surface area contributed by atoms with Gasteiger partial charge in [0.1, 0.15) is 5.82 Å². The Labute approximate surface area is 199 Å². The number of nitrogens with one attached hydrogen (secondary N) is 1. The Morgan fingerprint density at radius 1 is 1.39 bits per heavy atom. The van der Waals surface area contributed by atoms with Gasteiger partial charge >= 0.3 is 0 Å². The molecule has 11 heteroatoms. The second-order valence-corrected chi connectivity index (χ2v) is 9.78. The number of aromatic nitrogens is 2. The highest BCUT2D eigenvalue weighted by atomic mass is 32.2. The fourth-order valence-electron chi connectivity index (χ4n) is 3.38. The maximum absolute atomic E-state index is 12.6. The molecule has 0 aliphatic carbocycles. The molecule has 1 amide bonds. The molecule has 172 valence electrons. The first-order chi connectivity index (χ1) is 15.9. The molecule has 1 aliphatic heterocycles. The minimum Gasteiger partial charge on any atom is -0.375 e. The minimum absolute atomic E-state index is 0.119. The molecule has 4 rings (SSSR count). The largest absolute Gasteiger partial charge is 0.375 e. The number of rotatable bonds is 7. The third-order valence-corrected chi connectivity index (χ3v) is 7.16. The van der Waals surface area contributed by atoms with Crippen LogP contribution in [-0.4, -0.2) is 46.6 Å². The molecule has 1 atom stereocenters. The van der Waals surface area contributed by atoms with Crippen LogP contribution in [0.1, 0.15) is 28.5 Å². The van der Waals surface area contributed by atoms with Crippen LogP contribution in [0.15, 0.2) is 51.1 Å². The van der Waals surface area contributed by atoms with Crippen molar-refractivity contribution in [2.24, 2.45) is 0 Å². The zero-order valence-electron chi connectivity index (χ0n) is 18.2. The van der Waals surface area contributed by atoms with Crippen LogP contribution in [0.5, 0.6) is 0 Å². The molecule has 1 saturated heterocycles. The molecule has 2 aromatic heterocycles. The summed E-state index contributed by atoms with van der Waals surface area (Å²) in [5, 5.41) is 16.3. The van der Waals surface area contributed by atoms with Gasteiger partial charge in [0.15, 0.2) is 4.34 Å². The van der Waals surface area contributed by atoms with E-state index in [1.165, 1.54) is 29.2 Å². The van der Waals surface area contributed by atoms with Gasteiger partial charge < -0.3 is 15.0 Å². The second-order valence-electron chi connectivity index (χ2n) is 7.63. The topological polar surface area (TPSA) is 110 Å². The first-order valence-electron chi connectivity index (χ1n) is 10.4. The zero-order chi connectivity index (χ0) is 23.4. The SMILES string of the molecule is Cc1csc(Sc2ccc(C(=O)NCc3ccc(N4CCOC(C)C4)nc3)cc2[N+](=O)[O-])n1. The standard InChI is InChI=1S/C22H23N5O4S2/c1-14-13-32-22(25-14)33-19-5-4-17(9-18(19)27(29)30)21(28)24-11-16-3-6-20(23-10-16)26-7-8-31-15(2)12-26/h3-6,9-10,13,15H,7-8,11-12H2,1-2H3,(H,24,28). The minimum atomic E-state index is -0.477. The Morgan fingerprint density at radius 3 is 2.91 bits per heavy atom. The molecule has 1 fully saturated rings. The van der Waals surface area contributed by atoms with Crippen LogP contribution < -0.4 is 10.2 Å². The van der Waals surface area contributed by atoms with E-state index in [0.717, 1.165) is 34.5 Å². The molecule has 1 aliphatic rings. The molecule has 0 spiro atoms. The Kier molecular flexibility index (Phi) is 7.21. The van der Waals surface area contributed by atoms with Crippen molar-refractivity contribution in [3.05, 3.63) is 68.8 Å². The van der Waals surface area contributed by atoms with E-state index in [0.29, 0.717) is 11.5 Å². The average Bonchev–Trinajstić information content (AvgIpc) is 3.22. The predicted molar refractivity (Wildman–Crippen MR) is 127 cm³/mol. The van der Waals surface area contributed by atoms with Gasteiger partial charge in [-0.05, 0) is 37.6 Å². The van der Waals surface area contributed by atoms with E-state index in [1.807, 2.05) is 31.4 Å². The monoisotopic (exact) mass is 485 g/mol. The van der Waals surface area contributed by atoms with Crippen molar-refractivity contribution in [2.45, 2.75) is 35.7 Å². The summed E-state index contributed by atoms with van der Waals surface area (Å²) in [6.45, 7) is 6.43. The Morgan fingerprint density at radius 2 is 2.24 bits per heavy atom. The number of carbonyl (C=O) groups excluding carboxylic acids is 1. The van der Waals surface area contributed by atoms with Crippen molar-refractivity contribution < 1.29 is 14.5 Å². The number of nitro benzene ring substituents is 1. The molecule has 0 radical (unpaired) electrons. The maximum Gasteiger partial charge on any atom is 0.284 e. The van der Waals surface area contributed by atoms with E-state index in [-0.39, 0.29) is 29.8 Å². The van der Waals surface area contributed by atoms with Crippen LogP contribution in [0.2, 0.25) is 0 Å². The third-order valence-electron chi connectivity index (χ3n) is 5.04. The van der Waals surface area contributed by atoms with Crippen molar-refractivity contribution in [1.29, 1.82) is 0 Å². The highest BCUT2D eigenvalue weighted by molar-refractivity contribution is 8.01. The quantitative estimate of drug-likeness (QED) is 0.394. The van der Waals surface area contributed by atoms with Gasteiger partial charge in [0.2, 0.25) is 0 Å². The van der Waals surface area contributed by atoms with Gasteiger partial charge in [0.25, 0.3) is 11.6 Å². The smallest absolute Gasteiger partial charge is 0.284 e. The van der Waals surface area contributed by atoms with Crippen molar-refractivity contribution in [2.75, 3.05) is 24.6 Å². The average molecular weight is 486 g/mol. The van der Waals surface area contributed by atoms with Gasteiger partial charge in [-0.15, -0.1) is 11.3 Å². The summed E-state index contributed by atoms with van der Waals surface area (Å²) in [6, 6.07) is 8.33. The Bertz CT molecular complexity index is 1150. The first kappa shape index (κ1) is 23.1. The Balaban J connectivity index is 1.39. The van der Waals surface area contributed by atoms with Gasteiger partial charge in [-0.25, -0.2) is 9.97 Å². The fourth-order valence-corrected chi connectivity index (χ4v) is 5.26. The predicted octanol–water partition coefficient (Wildman–Crippen LogP) is 4.06. The molecule has 3 heterocycles. The number of carbonyl (C=O) groups is 1. The molecule has 3 aromatic rings. The normalized spacial score (nSPS) is 15.9. The molecule has 0 bridgehead atoms. The maximum atomic E-state index is 12.6. The lowest BCUT2D eigenvalue weighted by Gasteiger charge is -2.32. The summed E-state index contributed by atoms with van der Waals surface area (Å²) in [6.07, 6.45) is 1.90. The van der Waals surface area contributed by atoms with Gasteiger partial charge in [0, 0.05) is 48.5 Å². The van der Waals surface area contributed by atoms with Gasteiger partial charge in [-0.3, -0.25) is 14.9 Å². The molecule has 0 saturated carbocycles. The van der Waals surface area contributed by atoms with Crippen LogP contribution in [-0.2, 0) is 11.3 Å². The van der Waals surface area contributed by atoms with E-state index >= 15 is 0 Å². The molecule has 1 unspecified atom stereocenters. The summed E-state index contributed by atoms with van der Waals surface area (Å²) in [5.74, 6) is 0.491. The number of benzene rings is 1. The van der Waals surface area contributed by atoms with E-state index in [4.69, 9.17) is 4.74 Å². The highest BCUT2D eigenvalue weighted by Gasteiger charge is 2.20. The number of morpholine rings is 1. The van der Waals surface area contributed by atoms with Crippen molar-refractivity contribution in [1.82, 2.24) is 15.3 Å². The van der Waals surface area contributed by atoms with Gasteiger partial charge in [-0.2, -0.15) is 0 Å². The molecular weight excluding hydrogens is 462 g/mol. The fraction of sp³-hybridized carbons (Fsp3) is 0.318. The van der Waals surface area contributed by atoms with Crippen LogP contribution >= 0.6 is 23.1 Å². The molecule has 9 nitrogen and oxygen atoms in total. The molecular formula is C22H23N5O4S2. The number of anilines is 1. The van der Waals surface area contributed by atoms with Crippen molar-refractivity contribution >= 4 is 40.5 Å². The molecule has 33 heavy (non-hydrogen) atoms. The van der Waals surface area contributed by atoms with Gasteiger partial charge in [-0.1, -0.05) is 17.8 Å². The lowest BCUT2D eigenvalue weighted by molar-refractivity contribution is -0.387. The van der Waals surface area contributed by atoms with Crippen molar-refractivity contribution in [3.8, 4) is 0 Å². The summed E-state index contributed by atoms with van der Waals surface area (Å²) < 4.78 is 6.28. The van der Waals surface area contributed by atoms with E-state index in [9.17, 15) is 14.9 Å². The summed E-state index contributed by atoms with van der Waals surface area (Å²) in [7, 11) is 0. The number of nitrogens with zero attached hydrogens (tertiary/aromatic N) is 4. The van der Waals surface area contributed by atoms with Crippen LogP contribution in [0.3, 0.4) is 0 Å². The number of thiazole rings is 1. The highest BCUT2D eigenvalue weighted by Crippen LogP contribution is 2.36. The van der Waals surface area contributed by atoms with E-state index < -0.39 is 4.92 Å². The molecule has 1 aromatic carbocycles. The lowest BCUT2D eigenvalue weighted by Crippen LogP contribution is -2.41. The van der Waals surface area contributed by atoms with E-state index in [1.54, 1.807) is 18.3 Å². The summed E-state index contributed by atoms with van der Waals surface area (Å²) in [4.78, 5) is 35.2. The van der Waals surface area contributed by atoms with E-state index in [2.05, 4.69) is 20.2 Å². The number of pyridine rings is 1. The number of hydrogen-bond donors (Lipinski definition) is 1. The number of hydrogen-bond acceptors (Lipinski definition) is 9. The summed E-state index contributed by atoms with van der Waals surface area (Å²) >= 11 is 2.65. The molecule has 1 N–H and O–H groups in total. The third kappa shape index (κ3) is 5.86. The summed E-state index contributed by atoms with van der Waals surface area (Å²) in [5.41, 5.74) is 1.82. The number of ether oxygens (including phenoxy) is 1. The number of nitro groups is 1. The lowest BCUT2D eigenvalue weighted by atomic mass is 10.2. The first-order valence-corrected chi connectivity index (χ1v) is 12.1. The number of amides is 1.